The number of Topliss-reactive ketones (excluding diaryl/α,β-unsaturated/α-hetero) is 1. The maximum absolute atomic E-state index is 11.2. The van der Waals surface area contributed by atoms with Crippen LogP contribution in [0.25, 0.3) is 0 Å². The molecule has 1 aliphatic carbocycles. The second-order valence-corrected chi connectivity index (χ2v) is 4.59. The molecular weight excluding hydrogens is 200 g/mol. The summed E-state index contributed by atoms with van der Waals surface area (Å²) in [6, 6.07) is 10.2. The fraction of sp³-hybridized carbons (Fsp3) is 0.500. The van der Waals surface area contributed by atoms with Crippen LogP contribution in [-0.4, -0.2) is 11.9 Å². The van der Waals surface area contributed by atoms with Crippen molar-refractivity contribution in [3.05, 3.63) is 35.9 Å². The zero-order chi connectivity index (χ0) is 11.4. The molecule has 0 saturated heterocycles. The van der Waals surface area contributed by atoms with Crippen molar-refractivity contribution in [3.8, 4) is 0 Å². The molecule has 0 heterocycles. The predicted molar refractivity (Wildman–Crippen MR) is 63.0 cm³/mol. The van der Waals surface area contributed by atoms with Gasteiger partial charge in [-0.1, -0.05) is 37.3 Å². The highest BCUT2D eigenvalue weighted by Gasteiger charge is 2.26. The van der Waals surface area contributed by atoms with Crippen molar-refractivity contribution < 1.29 is 9.53 Å². The summed E-state index contributed by atoms with van der Waals surface area (Å²) in [5, 5.41) is 0. The second kappa shape index (κ2) is 5.26. The molecule has 2 heteroatoms. The van der Waals surface area contributed by atoms with Crippen molar-refractivity contribution in [2.75, 3.05) is 0 Å². The number of carbonyl (C=O) groups excluding carboxylic acids is 1. The molecule has 1 aliphatic rings. The van der Waals surface area contributed by atoms with E-state index in [1.54, 1.807) is 0 Å². The molecule has 0 spiro atoms. The van der Waals surface area contributed by atoms with Crippen LogP contribution >= 0.6 is 0 Å². The Hall–Kier alpha value is -1.15. The van der Waals surface area contributed by atoms with Crippen LogP contribution in [0.5, 0.6) is 0 Å². The van der Waals surface area contributed by atoms with Gasteiger partial charge in [-0.05, 0) is 17.9 Å². The van der Waals surface area contributed by atoms with E-state index in [0.717, 1.165) is 6.42 Å². The van der Waals surface area contributed by atoms with Gasteiger partial charge in [0, 0.05) is 12.8 Å². The number of hydrogen-bond donors (Lipinski definition) is 0. The molecular formula is C14H18O2. The van der Waals surface area contributed by atoms with Gasteiger partial charge >= 0.3 is 0 Å². The van der Waals surface area contributed by atoms with E-state index in [4.69, 9.17) is 4.74 Å². The normalized spacial score (nSPS) is 25.7. The SMILES string of the molecule is C[C@@H]1CC(=O)CC[C@@H]1OCc1ccccc1. The van der Waals surface area contributed by atoms with E-state index in [1.807, 2.05) is 18.2 Å². The quantitative estimate of drug-likeness (QED) is 0.779. The molecule has 2 rings (SSSR count). The largest absolute Gasteiger partial charge is 0.373 e. The molecule has 0 bridgehead atoms. The van der Waals surface area contributed by atoms with Gasteiger partial charge in [0.2, 0.25) is 0 Å². The zero-order valence-corrected chi connectivity index (χ0v) is 9.69. The van der Waals surface area contributed by atoms with Gasteiger partial charge in [-0.15, -0.1) is 0 Å². The first kappa shape index (κ1) is 11.3. The van der Waals surface area contributed by atoms with E-state index in [2.05, 4.69) is 19.1 Å². The summed E-state index contributed by atoms with van der Waals surface area (Å²) in [5.41, 5.74) is 1.20. The van der Waals surface area contributed by atoms with Crippen LogP contribution in [0.15, 0.2) is 30.3 Å². The molecule has 1 aromatic rings. The molecule has 2 nitrogen and oxygen atoms in total. The van der Waals surface area contributed by atoms with Gasteiger partial charge in [0.25, 0.3) is 0 Å². The lowest BCUT2D eigenvalue weighted by Gasteiger charge is -2.28. The van der Waals surface area contributed by atoms with Crippen LogP contribution in [0.1, 0.15) is 31.7 Å². The van der Waals surface area contributed by atoms with Gasteiger partial charge in [0.05, 0.1) is 12.7 Å². The van der Waals surface area contributed by atoms with Gasteiger partial charge in [-0.2, -0.15) is 0 Å². The first-order valence-corrected chi connectivity index (χ1v) is 5.93. The van der Waals surface area contributed by atoms with Crippen LogP contribution in [0.2, 0.25) is 0 Å². The molecule has 1 saturated carbocycles. The molecule has 0 unspecified atom stereocenters. The van der Waals surface area contributed by atoms with Crippen molar-refractivity contribution in [2.24, 2.45) is 5.92 Å². The van der Waals surface area contributed by atoms with Crippen molar-refractivity contribution in [3.63, 3.8) is 0 Å². The average molecular weight is 218 g/mol. The molecule has 0 N–H and O–H groups in total. The number of carbonyl (C=O) groups is 1. The molecule has 16 heavy (non-hydrogen) atoms. The van der Waals surface area contributed by atoms with Gasteiger partial charge < -0.3 is 4.74 Å². The molecule has 0 amide bonds. The van der Waals surface area contributed by atoms with Crippen molar-refractivity contribution in [1.29, 1.82) is 0 Å². The Balaban J connectivity index is 1.84. The summed E-state index contributed by atoms with van der Waals surface area (Å²) < 4.78 is 5.88. The third-order valence-electron chi connectivity index (χ3n) is 3.20. The topological polar surface area (TPSA) is 26.3 Å². The van der Waals surface area contributed by atoms with Crippen LogP contribution in [0, 0.1) is 5.92 Å². The van der Waals surface area contributed by atoms with Crippen LogP contribution in [0.3, 0.4) is 0 Å². The molecule has 86 valence electrons. The number of ketones is 1. The Morgan fingerprint density at radius 2 is 2.06 bits per heavy atom. The minimum atomic E-state index is 0.248. The van der Waals surface area contributed by atoms with Gasteiger partial charge in [0.1, 0.15) is 5.78 Å². The fourth-order valence-corrected chi connectivity index (χ4v) is 2.21. The lowest BCUT2D eigenvalue weighted by atomic mass is 9.87. The minimum Gasteiger partial charge on any atom is -0.373 e. The maximum atomic E-state index is 11.2. The summed E-state index contributed by atoms with van der Waals surface area (Å²) in [5.74, 6) is 0.747. The standard InChI is InChI=1S/C14H18O2/c1-11-9-13(15)7-8-14(11)16-10-12-5-3-2-4-6-12/h2-6,11,14H,7-10H2,1H3/t11-,14+/m1/s1. The maximum Gasteiger partial charge on any atom is 0.133 e. The Morgan fingerprint density at radius 1 is 1.31 bits per heavy atom. The minimum absolute atomic E-state index is 0.248. The van der Waals surface area contributed by atoms with E-state index in [9.17, 15) is 4.79 Å². The van der Waals surface area contributed by atoms with E-state index in [1.165, 1.54) is 5.56 Å². The Kier molecular flexibility index (Phi) is 3.73. The average Bonchev–Trinajstić information content (AvgIpc) is 2.29. The Morgan fingerprint density at radius 3 is 2.75 bits per heavy atom. The van der Waals surface area contributed by atoms with Gasteiger partial charge in [0.15, 0.2) is 0 Å². The highest BCUT2D eigenvalue weighted by Crippen LogP contribution is 2.24. The summed E-state index contributed by atoms with van der Waals surface area (Å²) in [6.45, 7) is 2.76. The highest BCUT2D eigenvalue weighted by atomic mass is 16.5. The predicted octanol–water partition coefficient (Wildman–Crippen LogP) is 2.96. The molecule has 1 aromatic carbocycles. The zero-order valence-electron chi connectivity index (χ0n) is 9.69. The molecule has 0 aromatic heterocycles. The first-order valence-electron chi connectivity index (χ1n) is 5.93. The third kappa shape index (κ3) is 2.92. The van der Waals surface area contributed by atoms with Crippen molar-refractivity contribution in [1.82, 2.24) is 0 Å². The van der Waals surface area contributed by atoms with Crippen LogP contribution in [-0.2, 0) is 16.1 Å². The molecule has 2 atom stereocenters. The fourth-order valence-electron chi connectivity index (χ4n) is 2.21. The van der Waals surface area contributed by atoms with E-state index in [0.29, 0.717) is 31.1 Å². The van der Waals surface area contributed by atoms with E-state index >= 15 is 0 Å². The lowest BCUT2D eigenvalue weighted by Crippen LogP contribution is -2.29. The highest BCUT2D eigenvalue weighted by molar-refractivity contribution is 5.79. The molecule has 1 fully saturated rings. The molecule has 0 aliphatic heterocycles. The number of hydrogen-bond acceptors (Lipinski definition) is 2. The Bertz CT molecular complexity index is 345. The molecule has 0 radical (unpaired) electrons. The number of benzene rings is 1. The third-order valence-corrected chi connectivity index (χ3v) is 3.20. The monoisotopic (exact) mass is 218 g/mol. The Labute approximate surface area is 96.6 Å². The number of ether oxygens (including phenoxy) is 1. The van der Waals surface area contributed by atoms with Crippen molar-refractivity contribution >= 4 is 5.78 Å². The summed E-state index contributed by atoms with van der Waals surface area (Å²) in [7, 11) is 0. The van der Waals surface area contributed by atoms with Crippen molar-refractivity contribution in [2.45, 2.75) is 38.9 Å². The lowest BCUT2D eigenvalue weighted by molar-refractivity contribution is -0.126. The smallest absolute Gasteiger partial charge is 0.133 e. The second-order valence-electron chi connectivity index (χ2n) is 4.59. The van der Waals surface area contributed by atoms with Crippen LogP contribution in [0.4, 0.5) is 0 Å². The first-order chi connectivity index (χ1) is 7.75. The summed E-state index contributed by atoms with van der Waals surface area (Å²) in [6.07, 6.45) is 2.49. The van der Waals surface area contributed by atoms with Gasteiger partial charge in [-0.3, -0.25) is 4.79 Å². The van der Waals surface area contributed by atoms with E-state index < -0.39 is 0 Å². The van der Waals surface area contributed by atoms with Gasteiger partial charge in [-0.25, -0.2) is 0 Å². The van der Waals surface area contributed by atoms with Crippen LogP contribution < -0.4 is 0 Å². The van der Waals surface area contributed by atoms with E-state index in [-0.39, 0.29) is 6.10 Å². The summed E-state index contributed by atoms with van der Waals surface area (Å²) in [4.78, 5) is 11.2. The summed E-state index contributed by atoms with van der Waals surface area (Å²) >= 11 is 0. The number of rotatable bonds is 3.